The van der Waals surface area contributed by atoms with Crippen LogP contribution in [0.3, 0.4) is 0 Å². The highest BCUT2D eigenvalue weighted by molar-refractivity contribution is 7.90. The van der Waals surface area contributed by atoms with Gasteiger partial charge in [0.2, 0.25) is 0 Å². The van der Waals surface area contributed by atoms with Crippen LogP contribution < -0.4 is 4.74 Å². The van der Waals surface area contributed by atoms with Crippen molar-refractivity contribution in [3.63, 3.8) is 0 Å². The molecule has 1 atom stereocenters. The molecule has 1 aliphatic heterocycles. The van der Waals surface area contributed by atoms with E-state index < -0.39 is 9.84 Å². The summed E-state index contributed by atoms with van der Waals surface area (Å²) >= 11 is 0. The molecule has 1 heterocycles. The van der Waals surface area contributed by atoms with Crippen molar-refractivity contribution in [3.8, 4) is 5.75 Å². The van der Waals surface area contributed by atoms with E-state index in [0.717, 1.165) is 16.9 Å². The number of likely N-dealkylation sites (N-methyl/N-ethyl adjacent to an activating group) is 1. The number of fused-ring (bicyclic) bond motifs is 1. The van der Waals surface area contributed by atoms with Crippen molar-refractivity contribution in [3.05, 3.63) is 65.2 Å². The monoisotopic (exact) mass is 371 g/mol. The summed E-state index contributed by atoms with van der Waals surface area (Å²) in [5, 5.41) is 0. The summed E-state index contributed by atoms with van der Waals surface area (Å²) in [5.41, 5.74) is 2.34. The summed E-state index contributed by atoms with van der Waals surface area (Å²) in [6.45, 7) is 2.14. The number of hydrogen-bond acceptors (Lipinski definition) is 4. The third kappa shape index (κ3) is 3.65. The number of carbonyl (C=O) groups excluding carboxylic acids is 1. The maximum absolute atomic E-state index is 12.8. The highest BCUT2D eigenvalue weighted by Crippen LogP contribution is 2.28. The van der Waals surface area contributed by atoms with Crippen molar-refractivity contribution in [2.45, 2.75) is 17.9 Å². The first-order chi connectivity index (χ1) is 12.3. The molecule has 1 unspecified atom stereocenters. The Balaban J connectivity index is 1.79. The fourth-order valence-corrected chi connectivity index (χ4v) is 3.49. The lowest BCUT2D eigenvalue weighted by molar-refractivity contribution is -0.128. The van der Waals surface area contributed by atoms with Crippen LogP contribution in [0.5, 0.6) is 5.75 Å². The van der Waals surface area contributed by atoms with Gasteiger partial charge in [-0.15, -0.1) is 0 Å². The fourth-order valence-electron chi connectivity index (χ4n) is 2.86. The molecule has 6 heteroatoms. The second kappa shape index (κ2) is 6.96. The predicted octanol–water partition coefficient (Wildman–Crippen LogP) is 3.09. The van der Waals surface area contributed by atoms with E-state index in [2.05, 4.69) is 0 Å². The van der Waals surface area contributed by atoms with Crippen LogP contribution in [0.25, 0.3) is 6.08 Å². The van der Waals surface area contributed by atoms with Gasteiger partial charge in [0.15, 0.2) is 9.84 Å². The number of benzene rings is 2. The first-order valence-electron chi connectivity index (χ1n) is 8.27. The molecule has 0 spiro atoms. The Morgan fingerprint density at radius 3 is 2.42 bits per heavy atom. The van der Waals surface area contributed by atoms with Crippen molar-refractivity contribution in [2.75, 3.05) is 19.9 Å². The zero-order valence-corrected chi connectivity index (χ0v) is 15.8. The Morgan fingerprint density at radius 2 is 1.77 bits per heavy atom. The van der Waals surface area contributed by atoms with Gasteiger partial charge in [0, 0.05) is 18.9 Å². The number of rotatable bonds is 4. The standard InChI is InChI=1S/C20H21NO4S/c1-14(15-8-10-18(11-9-15)26(3,23)24)21(2)20(22)17-12-16-6-4-5-7-19(16)25-13-17/h4-12,14H,13H2,1-3H3. The third-order valence-electron chi connectivity index (χ3n) is 4.60. The van der Waals surface area contributed by atoms with Crippen molar-refractivity contribution in [2.24, 2.45) is 0 Å². The summed E-state index contributed by atoms with van der Waals surface area (Å²) in [6, 6.07) is 14.0. The molecule has 0 saturated carbocycles. The van der Waals surface area contributed by atoms with Gasteiger partial charge in [-0.05, 0) is 36.8 Å². The van der Waals surface area contributed by atoms with Crippen LogP contribution in [0, 0.1) is 0 Å². The molecule has 1 aliphatic rings. The minimum absolute atomic E-state index is 0.112. The molecule has 2 aromatic rings. The predicted molar refractivity (Wildman–Crippen MR) is 101 cm³/mol. The number of sulfone groups is 1. The van der Waals surface area contributed by atoms with E-state index in [4.69, 9.17) is 4.74 Å². The molecule has 0 aliphatic carbocycles. The molecule has 5 nitrogen and oxygen atoms in total. The van der Waals surface area contributed by atoms with E-state index in [1.165, 1.54) is 6.26 Å². The summed E-state index contributed by atoms with van der Waals surface area (Å²) in [6.07, 6.45) is 3.03. The first kappa shape index (κ1) is 18.2. The highest BCUT2D eigenvalue weighted by atomic mass is 32.2. The number of para-hydroxylation sites is 1. The van der Waals surface area contributed by atoms with Crippen molar-refractivity contribution in [1.29, 1.82) is 0 Å². The molecule has 0 radical (unpaired) electrons. The quantitative estimate of drug-likeness (QED) is 0.829. The fraction of sp³-hybridized carbons (Fsp3) is 0.250. The molecule has 0 fully saturated rings. The summed E-state index contributed by atoms with van der Waals surface area (Å²) < 4.78 is 28.8. The van der Waals surface area contributed by atoms with Gasteiger partial charge in [-0.2, -0.15) is 0 Å². The van der Waals surface area contributed by atoms with Crippen LogP contribution in [0.2, 0.25) is 0 Å². The molecule has 0 bridgehead atoms. The van der Waals surface area contributed by atoms with E-state index in [-0.39, 0.29) is 23.5 Å². The normalized spacial score (nSPS) is 14.7. The third-order valence-corrected chi connectivity index (χ3v) is 5.73. The van der Waals surface area contributed by atoms with Gasteiger partial charge in [0.25, 0.3) is 5.91 Å². The maximum Gasteiger partial charge on any atom is 0.253 e. The van der Waals surface area contributed by atoms with Crippen LogP contribution in [-0.4, -0.2) is 39.1 Å². The van der Waals surface area contributed by atoms with Crippen LogP contribution in [0.1, 0.15) is 24.1 Å². The Morgan fingerprint density at radius 1 is 1.12 bits per heavy atom. The van der Waals surface area contributed by atoms with Gasteiger partial charge < -0.3 is 9.64 Å². The van der Waals surface area contributed by atoms with Gasteiger partial charge in [-0.25, -0.2) is 8.42 Å². The van der Waals surface area contributed by atoms with E-state index in [0.29, 0.717) is 5.57 Å². The summed E-state index contributed by atoms with van der Waals surface area (Å²) in [7, 11) is -1.50. The number of carbonyl (C=O) groups is 1. The van der Waals surface area contributed by atoms with E-state index in [1.807, 2.05) is 37.3 Å². The topological polar surface area (TPSA) is 63.7 Å². The Kier molecular flexibility index (Phi) is 4.87. The second-order valence-electron chi connectivity index (χ2n) is 6.43. The minimum atomic E-state index is -3.23. The average molecular weight is 371 g/mol. The van der Waals surface area contributed by atoms with Crippen molar-refractivity contribution in [1.82, 2.24) is 4.90 Å². The summed E-state index contributed by atoms with van der Waals surface area (Å²) in [5.74, 6) is 0.662. The maximum atomic E-state index is 12.8. The molecule has 3 rings (SSSR count). The smallest absolute Gasteiger partial charge is 0.253 e. The van der Waals surface area contributed by atoms with Crippen molar-refractivity contribution < 1.29 is 17.9 Å². The Bertz CT molecular complexity index is 962. The van der Waals surface area contributed by atoms with Gasteiger partial charge in [0.1, 0.15) is 12.4 Å². The molecule has 0 aromatic heterocycles. The zero-order valence-electron chi connectivity index (χ0n) is 15.0. The molecule has 26 heavy (non-hydrogen) atoms. The van der Waals surface area contributed by atoms with Gasteiger partial charge in [-0.1, -0.05) is 30.3 Å². The molecular weight excluding hydrogens is 350 g/mol. The van der Waals surface area contributed by atoms with Crippen molar-refractivity contribution >= 4 is 21.8 Å². The Labute approximate surface area is 153 Å². The van der Waals surface area contributed by atoms with Gasteiger partial charge in [-0.3, -0.25) is 4.79 Å². The van der Waals surface area contributed by atoms with Crippen LogP contribution in [0.4, 0.5) is 0 Å². The SMILES string of the molecule is CC(c1ccc(S(C)(=O)=O)cc1)N(C)C(=O)C1=Cc2ccccc2OC1. The van der Waals surface area contributed by atoms with E-state index in [1.54, 1.807) is 36.2 Å². The number of amides is 1. The lowest BCUT2D eigenvalue weighted by Gasteiger charge is -2.28. The molecule has 1 amide bonds. The second-order valence-corrected chi connectivity index (χ2v) is 8.45. The lowest BCUT2D eigenvalue weighted by atomic mass is 10.0. The average Bonchev–Trinajstić information content (AvgIpc) is 2.65. The van der Waals surface area contributed by atoms with Gasteiger partial charge in [0.05, 0.1) is 16.5 Å². The van der Waals surface area contributed by atoms with E-state index >= 15 is 0 Å². The van der Waals surface area contributed by atoms with E-state index in [9.17, 15) is 13.2 Å². The number of hydrogen-bond donors (Lipinski definition) is 0. The number of ether oxygens (including phenoxy) is 1. The molecule has 136 valence electrons. The zero-order chi connectivity index (χ0) is 18.9. The largest absolute Gasteiger partial charge is 0.488 e. The molecular formula is C20H21NO4S. The number of nitrogens with zero attached hydrogens (tertiary/aromatic N) is 1. The van der Waals surface area contributed by atoms with Gasteiger partial charge >= 0.3 is 0 Å². The van der Waals surface area contributed by atoms with Crippen LogP contribution in [0.15, 0.2) is 59.0 Å². The lowest BCUT2D eigenvalue weighted by Crippen LogP contribution is -2.33. The Hall–Kier alpha value is -2.60. The molecule has 2 aromatic carbocycles. The first-order valence-corrected chi connectivity index (χ1v) is 10.2. The minimum Gasteiger partial charge on any atom is -0.488 e. The summed E-state index contributed by atoms with van der Waals surface area (Å²) in [4.78, 5) is 14.7. The highest BCUT2D eigenvalue weighted by Gasteiger charge is 2.24. The molecule has 0 saturated heterocycles. The van der Waals surface area contributed by atoms with Crippen LogP contribution >= 0.6 is 0 Å². The molecule has 0 N–H and O–H groups in total. The van der Waals surface area contributed by atoms with Crippen LogP contribution in [-0.2, 0) is 14.6 Å².